The molecule has 0 aliphatic rings. The zero-order valence-electron chi connectivity index (χ0n) is 9.12. The van der Waals surface area contributed by atoms with Crippen LogP contribution in [-0.2, 0) is 6.54 Å². The highest BCUT2D eigenvalue weighted by Crippen LogP contribution is 2.18. The second-order valence-corrected chi connectivity index (χ2v) is 3.56. The van der Waals surface area contributed by atoms with Gasteiger partial charge in [-0.2, -0.15) is 4.98 Å². The van der Waals surface area contributed by atoms with Crippen LogP contribution in [0.1, 0.15) is 11.5 Å². The van der Waals surface area contributed by atoms with Gasteiger partial charge in [0.2, 0.25) is 11.7 Å². The Hall–Kier alpha value is -1.75. The molecule has 0 unspecified atom stereocenters. The van der Waals surface area contributed by atoms with Crippen molar-refractivity contribution >= 4 is 0 Å². The Labute approximate surface area is 92.5 Å². The third kappa shape index (κ3) is 2.25. The lowest BCUT2D eigenvalue weighted by Crippen LogP contribution is -2.04. The van der Waals surface area contributed by atoms with Gasteiger partial charge in [0.1, 0.15) is 5.82 Å². The van der Waals surface area contributed by atoms with Crippen molar-refractivity contribution in [3.05, 3.63) is 35.5 Å². The fourth-order valence-corrected chi connectivity index (χ4v) is 1.46. The zero-order valence-corrected chi connectivity index (χ0v) is 9.12. The molecule has 84 valence electrons. The van der Waals surface area contributed by atoms with Crippen LogP contribution in [0, 0.1) is 12.7 Å². The first-order valence-corrected chi connectivity index (χ1v) is 4.94. The summed E-state index contributed by atoms with van der Waals surface area (Å²) < 4.78 is 18.2. The summed E-state index contributed by atoms with van der Waals surface area (Å²) in [4.78, 5) is 4.15. The summed E-state index contributed by atoms with van der Waals surface area (Å²) in [5.41, 5.74) is 1.46. The van der Waals surface area contributed by atoms with E-state index in [0.717, 1.165) is 5.56 Å². The number of aryl methyl sites for hydroxylation is 1. The fourth-order valence-electron chi connectivity index (χ4n) is 1.46. The van der Waals surface area contributed by atoms with Crippen molar-refractivity contribution in [1.82, 2.24) is 15.5 Å². The van der Waals surface area contributed by atoms with Crippen molar-refractivity contribution in [3.8, 4) is 11.4 Å². The Morgan fingerprint density at radius 1 is 1.38 bits per heavy atom. The maximum atomic E-state index is 13.2. The molecule has 0 fully saturated rings. The maximum Gasteiger partial charge on any atom is 0.240 e. The Kier molecular flexibility index (Phi) is 2.96. The first-order valence-electron chi connectivity index (χ1n) is 4.94. The number of benzene rings is 1. The monoisotopic (exact) mass is 221 g/mol. The van der Waals surface area contributed by atoms with Crippen molar-refractivity contribution in [3.63, 3.8) is 0 Å². The van der Waals surface area contributed by atoms with Crippen LogP contribution >= 0.6 is 0 Å². The van der Waals surface area contributed by atoms with Crippen LogP contribution in [0.4, 0.5) is 4.39 Å². The number of hydrogen-bond donors (Lipinski definition) is 1. The van der Waals surface area contributed by atoms with Crippen LogP contribution in [0.15, 0.2) is 22.7 Å². The van der Waals surface area contributed by atoms with Crippen LogP contribution in [-0.4, -0.2) is 17.2 Å². The third-order valence-electron chi connectivity index (χ3n) is 2.10. The van der Waals surface area contributed by atoms with Crippen molar-refractivity contribution in [1.29, 1.82) is 0 Å². The molecule has 2 rings (SSSR count). The van der Waals surface area contributed by atoms with E-state index >= 15 is 0 Å². The predicted molar refractivity (Wildman–Crippen MR) is 57.2 cm³/mol. The molecule has 0 spiro atoms. The summed E-state index contributed by atoms with van der Waals surface area (Å²) in [7, 11) is 1.79. The molecule has 0 atom stereocenters. The molecule has 0 aliphatic carbocycles. The van der Waals surface area contributed by atoms with E-state index in [1.165, 1.54) is 12.1 Å². The van der Waals surface area contributed by atoms with Gasteiger partial charge in [-0.05, 0) is 37.7 Å². The number of aromatic nitrogens is 2. The molecule has 0 saturated heterocycles. The van der Waals surface area contributed by atoms with Crippen LogP contribution < -0.4 is 5.32 Å². The molecular weight excluding hydrogens is 209 g/mol. The lowest BCUT2D eigenvalue weighted by Gasteiger charge is -1.97. The highest BCUT2D eigenvalue weighted by atomic mass is 19.1. The first kappa shape index (κ1) is 10.8. The molecule has 2 aromatic rings. The highest BCUT2D eigenvalue weighted by molar-refractivity contribution is 5.55. The number of hydrogen-bond acceptors (Lipinski definition) is 4. The quantitative estimate of drug-likeness (QED) is 0.860. The van der Waals surface area contributed by atoms with Gasteiger partial charge < -0.3 is 9.84 Å². The Balaban J connectivity index is 2.34. The second kappa shape index (κ2) is 4.40. The topological polar surface area (TPSA) is 51.0 Å². The summed E-state index contributed by atoms with van der Waals surface area (Å²) >= 11 is 0. The fraction of sp³-hybridized carbons (Fsp3) is 0.273. The van der Waals surface area contributed by atoms with Crippen molar-refractivity contribution in [2.45, 2.75) is 13.5 Å². The maximum absolute atomic E-state index is 13.2. The Bertz CT molecular complexity index is 475. The number of nitrogens with zero attached hydrogens (tertiary/aromatic N) is 2. The smallest absolute Gasteiger partial charge is 0.240 e. The van der Waals surface area contributed by atoms with E-state index in [9.17, 15) is 4.39 Å². The average molecular weight is 221 g/mol. The van der Waals surface area contributed by atoms with Crippen LogP contribution in [0.25, 0.3) is 11.4 Å². The normalized spacial score (nSPS) is 10.7. The van der Waals surface area contributed by atoms with E-state index < -0.39 is 0 Å². The van der Waals surface area contributed by atoms with Crippen LogP contribution in [0.5, 0.6) is 0 Å². The standard InChI is InChI=1S/C11H12FN3O/c1-7-3-8(5-9(12)4-7)11-14-10(6-13-2)16-15-11/h3-5,13H,6H2,1-2H3. The van der Waals surface area contributed by atoms with Crippen molar-refractivity contribution in [2.24, 2.45) is 0 Å². The van der Waals surface area contributed by atoms with E-state index in [4.69, 9.17) is 4.52 Å². The summed E-state index contributed by atoms with van der Waals surface area (Å²) in [5, 5.41) is 6.70. The van der Waals surface area contributed by atoms with Gasteiger partial charge in [0, 0.05) is 5.56 Å². The van der Waals surface area contributed by atoms with Gasteiger partial charge >= 0.3 is 0 Å². The minimum Gasteiger partial charge on any atom is -0.338 e. The number of rotatable bonds is 3. The summed E-state index contributed by atoms with van der Waals surface area (Å²) in [5.74, 6) is 0.599. The Morgan fingerprint density at radius 2 is 2.19 bits per heavy atom. The van der Waals surface area contributed by atoms with Crippen molar-refractivity contribution < 1.29 is 8.91 Å². The van der Waals surface area contributed by atoms with Gasteiger partial charge in [-0.1, -0.05) is 5.16 Å². The molecule has 5 heteroatoms. The molecule has 16 heavy (non-hydrogen) atoms. The molecule has 1 aromatic heterocycles. The molecule has 0 radical (unpaired) electrons. The van der Waals surface area contributed by atoms with Gasteiger partial charge in [-0.3, -0.25) is 0 Å². The first-order chi connectivity index (χ1) is 7.69. The van der Waals surface area contributed by atoms with E-state index in [2.05, 4.69) is 15.5 Å². The average Bonchev–Trinajstić information content (AvgIpc) is 2.65. The van der Waals surface area contributed by atoms with Crippen LogP contribution in [0.3, 0.4) is 0 Å². The minimum absolute atomic E-state index is 0.296. The molecule has 1 heterocycles. The van der Waals surface area contributed by atoms with Crippen molar-refractivity contribution in [2.75, 3.05) is 7.05 Å². The molecule has 0 bridgehead atoms. The highest BCUT2D eigenvalue weighted by Gasteiger charge is 2.09. The number of nitrogens with one attached hydrogen (secondary N) is 1. The second-order valence-electron chi connectivity index (χ2n) is 3.56. The van der Waals surface area contributed by atoms with E-state index in [1.54, 1.807) is 7.05 Å². The van der Waals surface area contributed by atoms with E-state index in [-0.39, 0.29) is 5.82 Å². The van der Waals surface area contributed by atoms with Gasteiger partial charge in [0.25, 0.3) is 0 Å². The lowest BCUT2D eigenvalue weighted by atomic mass is 10.1. The van der Waals surface area contributed by atoms with Gasteiger partial charge in [0.05, 0.1) is 6.54 Å². The van der Waals surface area contributed by atoms with Crippen LogP contribution in [0.2, 0.25) is 0 Å². The predicted octanol–water partition coefficient (Wildman–Crippen LogP) is 1.90. The van der Waals surface area contributed by atoms with Gasteiger partial charge in [-0.25, -0.2) is 4.39 Å². The molecule has 0 aliphatic heterocycles. The van der Waals surface area contributed by atoms with E-state index in [0.29, 0.717) is 23.8 Å². The SMILES string of the molecule is CNCc1nc(-c2cc(C)cc(F)c2)no1. The summed E-state index contributed by atoms with van der Waals surface area (Å²) in [6.45, 7) is 2.32. The molecule has 1 aromatic carbocycles. The zero-order chi connectivity index (χ0) is 11.5. The Morgan fingerprint density at radius 3 is 2.88 bits per heavy atom. The van der Waals surface area contributed by atoms with Gasteiger partial charge in [0.15, 0.2) is 0 Å². The number of halogens is 1. The molecular formula is C11H12FN3O. The third-order valence-corrected chi connectivity index (χ3v) is 2.10. The largest absolute Gasteiger partial charge is 0.338 e. The lowest BCUT2D eigenvalue weighted by molar-refractivity contribution is 0.372. The molecule has 4 nitrogen and oxygen atoms in total. The van der Waals surface area contributed by atoms with E-state index in [1.807, 2.05) is 13.0 Å². The molecule has 0 saturated carbocycles. The minimum atomic E-state index is -0.296. The summed E-state index contributed by atoms with van der Waals surface area (Å²) in [6, 6.07) is 4.66. The molecule has 0 amide bonds. The summed E-state index contributed by atoms with van der Waals surface area (Å²) in [6.07, 6.45) is 0. The van der Waals surface area contributed by atoms with Gasteiger partial charge in [-0.15, -0.1) is 0 Å². The molecule has 1 N–H and O–H groups in total.